The Balaban J connectivity index is 1.84. The van der Waals surface area contributed by atoms with Gasteiger partial charge in [-0.3, -0.25) is 4.99 Å². The minimum Gasteiger partial charge on any atom is -0.343 e. The minimum absolute atomic E-state index is 0.124. The zero-order chi connectivity index (χ0) is 16.0. The molecule has 0 bridgehead atoms. The lowest BCUT2D eigenvalue weighted by Gasteiger charge is -2.24. The highest BCUT2D eigenvalue weighted by molar-refractivity contribution is 5.83. The average Bonchev–Trinajstić information content (AvgIpc) is 2.97. The van der Waals surface area contributed by atoms with Crippen molar-refractivity contribution in [3.63, 3.8) is 0 Å². The van der Waals surface area contributed by atoms with Crippen molar-refractivity contribution < 1.29 is 0 Å². The highest BCUT2D eigenvalue weighted by Gasteiger charge is 2.18. The van der Waals surface area contributed by atoms with E-state index in [-0.39, 0.29) is 6.17 Å². The molecule has 0 saturated carbocycles. The van der Waals surface area contributed by atoms with E-state index in [2.05, 4.69) is 23.7 Å². The summed E-state index contributed by atoms with van der Waals surface area (Å²) in [6.45, 7) is 6.30. The SMILES string of the molecule is CCCCCCCCCCCCCCC1=NCCN1C(C)N. The summed E-state index contributed by atoms with van der Waals surface area (Å²) in [5, 5.41) is 0. The van der Waals surface area contributed by atoms with Gasteiger partial charge in [-0.2, -0.15) is 0 Å². The molecule has 1 unspecified atom stereocenters. The summed E-state index contributed by atoms with van der Waals surface area (Å²) in [5.41, 5.74) is 5.97. The van der Waals surface area contributed by atoms with Crippen LogP contribution in [0.2, 0.25) is 0 Å². The predicted octanol–water partition coefficient (Wildman–Crippen LogP) is 5.10. The molecule has 1 rings (SSSR count). The summed E-state index contributed by atoms with van der Waals surface area (Å²) in [5.74, 6) is 1.25. The maximum absolute atomic E-state index is 5.97. The molecule has 3 nitrogen and oxygen atoms in total. The summed E-state index contributed by atoms with van der Waals surface area (Å²) >= 11 is 0. The fourth-order valence-electron chi connectivity index (χ4n) is 3.29. The van der Waals surface area contributed by atoms with E-state index < -0.39 is 0 Å². The van der Waals surface area contributed by atoms with Crippen LogP contribution in [0, 0.1) is 0 Å². The van der Waals surface area contributed by atoms with Crippen molar-refractivity contribution in [1.82, 2.24) is 4.90 Å². The van der Waals surface area contributed by atoms with Gasteiger partial charge in [-0.15, -0.1) is 0 Å². The van der Waals surface area contributed by atoms with Gasteiger partial charge < -0.3 is 10.6 Å². The lowest BCUT2D eigenvalue weighted by molar-refractivity contribution is 0.358. The molecule has 0 spiro atoms. The van der Waals surface area contributed by atoms with E-state index in [9.17, 15) is 0 Å². The number of unbranched alkanes of at least 4 members (excludes halogenated alkanes) is 11. The molecule has 0 amide bonds. The van der Waals surface area contributed by atoms with Crippen LogP contribution in [0.25, 0.3) is 0 Å². The summed E-state index contributed by atoms with van der Waals surface area (Å²) in [4.78, 5) is 6.85. The molecule has 0 aromatic heterocycles. The van der Waals surface area contributed by atoms with Crippen molar-refractivity contribution >= 4 is 5.84 Å². The van der Waals surface area contributed by atoms with Crippen molar-refractivity contribution in [3.05, 3.63) is 0 Å². The van der Waals surface area contributed by atoms with Crippen LogP contribution in [-0.2, 0) is 0 Å². The fraction of sp³-hybridized carbons (Fsp3) is 0.947. The number of aliphatic imine (C=N–C) groups is 1. The molecule has 22 heavy (non-hydrogen) atoms. The van der Waals surface area contributed by atoms with Crippen molar-refractivity contribution in [3.8, 4) is 0 Å². The van der Waals surface area contributed by atoms with E-state index in [0.29, 0.717) is 0 Å². The van der Waals surface area contributed by atoms with Gasteiger partial charge in [0.15, 0.2) is 0 Å². The first-order valence-electron chi connectivity index (χ1n) is 9.81. The number of hydrogen-bond donors (Lipinski definition) is 1. The summed E-state index contributed by atoms with van der Waals surface area (Å²) in [6.07, 6.45) is 18.1. The Morgan fingerprint density at radius 3 is 1.91 bits per heavy atom. The molecule has 3 heteroatoms. The highest BCUT2D eigenvalue weighted by Crippen LogP contribution is 2.14. The first-order chi connectivity index (χ1) is 10.8. The van der Waals surface area contributed by atoms with E-state index in [4.69, 9.17) is 5.73 Å². The Morgan fingerprint density at radius 1 is 0.909 bits per heavy atom. The Hall–Kier alpha value is -0.570. The topological polar surface area (TPSA) is 41.6 Å². The molecule has 0 fully saturated rings. The van der Waals surface area contributed by atoms with E-state index in [1.165, 1.54) is 82.9 Å². The van der Waals surface area contributed by atoms with Gasteiger partial charge >= 0.3 is 0 Å². The van der Waals surface area contributed by atoms with Crippen LogP contribution in [-0.4, -0.2) is 30.0 Å². The van der Waals surface area contributed by atoms with Crippen molar-refractivity contribution in [2.24, 2.45) is 10.7 Å². The summed E-state index contributed by atoms with van der Waals surface area (Å²) in [7, 11) is 0. The first-order valence-corrected chi connectivity index (χ1v) is 9.81. The zero-order valence-corrected chi connectivity index (χ0v) is 15.2. The number of nitrogens with two attached hydrogens (primary N) is 1. The van der Waals surface area contributed by atoms with Crippen LogP contribution in [0.3, 0.4) is 0 Å². The first kappa shape index (κ1) is 19.5. The van der Waals surface area contributed by atoms with Gasteiger partial charge in [-0.25, -0.2) is 0 Å². The normalized spacial score (nSPS) is 16.1. The van der Waals surface area contributed by atoms with Gasteiger partial charge in [-0.05, 0) is 13.3 Å². The van der Waals surface area contributed by atoms with Crippen LogP contribution in [0.5, 0.6) is 0 Å². The largest absolute Gasteiger partial charge is 0.343 e. The number of nitrogens with zero attached hydrogens (tertiary/aromatic N) is 2. The van der Waals surface area contributed by atoms with E-state index in [0.717, 1.165) is 19.5 Å². The monoisotopic (exact) mass is 309 g/mol. The maximum atomic E-state index is 5.97. The molecule has 130 valence electrons. The predicted molar refractivity (Wildman–Crippen MR) is 98.4 cm³/mol. The number of amidine groups is 1. The molecule has 0 aromatic rings. The molecule has 0 saturated heterocycles. The van der Waals surface area contributed by atoms with Crippen LogP contribution < -0.4 is 5.73 Å². The minimum atomic E-state index is 0.124. The van der Waals surface area contributed by atoms with Crippen LogP contribution in [0.4, 0.5) is 0 Å². The molecular formula is C19H39N3. The van der Waals surface area contributed by atoms with Crippen molar-refractivity contribution in [2.45, 2.75) is 103 Å². The third-order valence-corrected chi connectivity index (χ3v) is 4.71. The van der Waals surface area contributed by atoms with Crippen LogP contribution in [0.15, 0.2) is 4.99 Å². The van der Waals surface area contributed by atoms with Crippen molar-refractivity contribution in [2.75, 3.05) is 13.1 Å². The lowest BCUT2D eigenvalue weighted by atomic mass is 10.0. The van der Waals surface area contributed by atoms with Gasteiger partial charge in [0.05, 0.1) is 12.7 Å². The Morgan fingerprint density at radius 2 is 1.41 bits per heavy atom. The highest BCUT2D eigenvalue weighted by atomic mass is 15.3. The molecule has 1 aliphatic heterocycles. The van der Waals surface area contributed by atoms with Crippen LogP contribution in [0.1, 0.15) is 97.3 Å². The standard InChI is InChI=1S/C19H39N3/c1-3-4-5-6-7-8-9-10-11-12-13-14-15-19-21-16-17-22(19)18(2)20/h18H,3-17,20H2,1-2H3. The second kappa shape index (κ2) is 12.9. The molecule has 0 radical (unpaired) electrons. The van der Waals surface area contributed by atoms with E-state index >= 15 is 0 Å². The number of rotatable bonds is 14. The maximum Gasteiger partial charge on any atom is 0.100 e. The Kier molecular flexibility index (Phi) is 11.4. The van der Waals surface area contributed by atoms with Crippen molar-refractivity contribution in [1.29, 1.82) is 0 Å². The fourth-order valence-corrected chi connectivity index (χ4v) is 3.29. The van der Waals surface area contributed by atoms with Crippen LogP contribution >= 0.6 is 0 Å². The molecule has 1 atom stereocenters. The molecule has 1 heterocycles. The molecule has 1 aliphatic rings. The Labute approximate surface area is 138 Å². The number of hydrogen-bond acceptors (Lipinski definition) is 3. The smallest absolute Gasteiger partial charge is 0.100 e. The van der Waals surface area contributed by atoms with Gasteiger partial charge in [-0.1, -0.05) is 77.6 Å². The molecule has 0 aliphatic carbocycles. The summed E-state index contributed by atoms with van der Waals surface area (Å²) in [6, 6.07) is 0. The quantitative estimate of drug-likeness (QED) is 0.454. The molecule has 0 aromatic carbocycles. The molecular weight excluding hydrogens is 270 g/mol. The van der Waals surface area contributed by atoms with Gasteiger partial charge in [0, 0.05) is 13.0 Å². The molecule has 2 N–H and O–H groups in total. The van der Waals surface area contributed by atoms with Gasteiger partial charge in [0.25, 0.3) is 0 Å². The Bertz CT molecular complexity index is 286. The second-order valence-electron chi connectivity index (χ2n) is 6.87. The van der Waals surface area contributed by atoms with Gasteiger partial charge in [0.2, 0.25) is 0 Å². The van der Waals surface area contributed by atoms with Gasteiger partial charge in [0.1, 0.15) is 5.84 Å². The third-order valence-electron chi connectivity index (χ3n) is 4.71. The second-order valence-corrected chi connectivity index (χ2v) is 6.87. The van der Waals surface area contributed by atoms with E-state index in [1.807, 2.05) is 0 Å². The average molecular weight is 310 g/mol. The third kappa shape index (κ3) is 8.77. The zero-order valence-electron chi connectivity index (χ0n) is 15.2. The lowest BCUT2D eigenvalue weighted by Crippen LogP contribution is -2.41. The van der Waals surface area contributed by atoms with E-state index in [1.54, 1.807) is 0 Å². The summed E-state index contributed by atoms with van der Waals surface area (Å²) < 4.78 is 0.